The third kappa shape index (κ3) is 1.07. The van der Waals surface area contributed by atoms with Crippen molar-refractivity contribution in [1.82, 2.24) is 0 Å². The van der Waals surface area contributed by atoms with Crippen LogP contribution in [0, 0.1) is 6.92 Å². The molecule has 0 saturated heterocycles. The summed E-state index contributed by atoms with van der Waals surface area (Å²) in [6.07, 6.45) is 0. The molecule has 0 aliphatic rings. The summed E-state index contributed by atoms with van der Waals surface area (Å²) in [4.78, 5) is 0. The van der Waals surface area contributed by atoms with E-state index in [1.54, 1.807) is 11.3 Å². The second-order valence-corrected chi connectivity index (χ2v) is 3.78. The molecule has 8 heavy (non-hydrogen) atoms. The first-order valence-corrected chi connectivity index (χ1v) is 4.16. The van der Waals surface area contributed by atoms with Gasteiger partial charge in [-0.3, -0.25) is 0 Å². The van der Waals surface area contributed by atoms with Gasteiger partial charge in [-0.2, -0.15) is 0 Å². The van der Waals surface area contributed by atoms with Crippen LogP contribution in [0.5, 0.6) is 0 Å². The molecule has 1 aromatic rings. The molecule has 0 aromatic carbocycles. The van der Waals surface area contributed by atoms with Gasteiger partial charge >= 0.3 is 0 Å². The summed E-state index contributed by atoms with van der Waals surface area (Å²) in [6, 6.07) is 0. The first kappa shape index (κ1) is 6.59. The highest BCUT2D eigenvalue weighted by Crippen LogP contribution is 2.31. The van der Waals surface area contributed by atoms with E-state index in [2.05, 4.69) is 15.9 Å². The summed E-state index contributed by atoms with van der Waals surface area (Å²) in [7, 11) is 0. The predicted molar refractivity (Wildman–Crippen MR) is 41.8 cm³/mol. The Kier molecular flexibility index (Phi) is 1.96. The maximum Gasteiger partial charge on any atom is 0.107 e. The standard InChI is InChI=1S/C5H4BrClS/c1-3-2-8-5(7)4(3)6/h2H,1H3. The van der Waals surface area contributed by atoms with E-state index in [1.165, 1.54) is 5.56 Å². The highest BCUT2D eigenvalue weighted by atomic mass is 79.9. The van der Waals surface area contributed by atoms with Crippen molar-refractivity contribution in [3.63, 3.8) is 0 Å². The summed E-state index contributed by atoms with van der Waals surface area (Å²) in [5.41, 5.74) is 1.21. The predicted octanol–water partition coefficient (Wildman–Crippen LogP) is 3.47. The van der Waals surface area contributed by atoms with Crippen LogP contribution in [0.4, 0.5) is 0 Å². The lowest BCUT2D eigenvalue weighted by Crippen LogP contribution is -1.59. The van der Waals surface area contributed by atoms with Crippen molar-refractivity contribution >= 4 is 38.9 Å². The molecule has 0 radical (unpaired) electrons. The van der Waals surface area contributed by atoms with E-state index in [9.17, 15) is 0 Å². The Bertz CT molecular complexity index is 175. The molecule has 1 rings (SSSR count). The van der Waals surface area contributed by atoms with Crippen LogP contribution in [0.1, 0.15) is 5.56 Å². The smallest absolute Gasteiger partial charge is 0.107 e. The molecule has 0 amide bonds. The number of thiophene rings is 1. The fourth-order valence-corrected chi connectivity index (χ4v) is 1.89. The Balaban J connectivity index is 3.19. The number of rotatable bonds is 0. The number of hydrogen-bond acceptors (Lipinski definition) is 1. The monoisotopic (exact) mass is 210 g/mol. The highest BCUT2D eigenvalue weighted by molar-refractivity contribution is 9.10. The molecular weight excluding hydrogens is 207 g/mol. The van der Waals surface area contributed by atoms with Gasteiger partial charge in [-0.15, -0.1) is 11.3 Å². The van der Waals surface area contributed by atoms with Gasteiger partial charge in [-0.1, -0.05) is 11.6 Å². The van der Waals surface area contributed by atoms with Crippen LogP contribution in [-0.4, -0.2) is 0 Å². The van der Waals surface area contributed by atoms with Crippen LogP contribution in [0.3, 0.4) is 0 Å². The summed E-state index contributed by atoms with van der Waals surface area (Å²) >= 11 is 10.6. The zero-order valence-electron chi connectivity index (χ0n) is 4.24. The average Bonchev–Trinajstić information content (AvgIpc) is 1.98. The lowest BCUT2D eigenvalue weighted by Gasteiger charge is -1.81. The molecule has 0 atom stereocenters. The Morgan fingerprint density at radius 2 is 2.38 bits per heavy atom. The van der Waals surface area contributed by atoms with Crippen molar-refractivity contribution in [3.05, 3.63) is 19.8 Å². The van der Waals surface area contributed by atoms with Crippen LogP contribution in [-0.2, 0) is 0 Å². The molecule has 0 aliphatic heterocycles. The van der Waals surface area contributed by atoms with Crippen LogP contribution >= 0.6 is 38.9 Å². The van der Waals surface area contributed by atoms with Crippen molar-refractivity contribution in [2.24, 2.45) is 0 Å². The molecule has 3 heteroatoms. The van der Waals surface area contributed by atoms with Gasteiger partial charge in [0.2, 0.25) is 0 Å². The van der Waals surface area contributed by atoms with Crippen LogP contribution in [0.25, 0.3) is 0 Å². The molecule has 1 heterocycles. The molecule has 0 aliphatic carbocycles. The number of hydrogen-bond donors (Lipinski definition) is 0. The lowest BCUT2D eigenvalue weighted by atomic mass is 10.4. The summed E-state index contributed by atoms with van der Waals surface area (Å²) in [5.74, 6) is 0. The van der Waals surface area contributed by atoms with E-state index >= 15 is 0 Å². The normalized spacial score (nSPS) is 9.88. The third-order valence-corrected chi connectivity index (χ3v) is 3.71. The van der Waals surface area contributed by atoms with E-state index in [1.807, 2.05) is 12.3 Å². The summed E-state index contributed by atoms with van der Waals surface area (Å²) < 4.78 is 1.87. The zero-order chi connectivity index (χ0) is 6.15. The van der Waals surface area contributed by atoms with Crippen molar-refractivity contribution in [2.75, 3.05) is 0 Å². The molecule has 0 bridgehead atoms. The van der Waals surface area contributed by atoms with Crippen molar-refractivity contribution in [3.8, 4) is 0 Å². The Morgan fingerprint density at radius 1 is 1.75 bits per heavy atom. The van der Waals surface area contributed by atoms with Gasteiger partial charge in [0, 0.05) is 4.47 Å². The van der Waals surface area contributed by atoms with Crippen molar-refractivity contribution < 1.29 is 0 Å². The average molecular weight is 212 g/mol. The van der Waals surface area contributed by atoms with E-state index in [4.69, 9.17) is 11.6 Å². The summed E-state index contributed by atoms with van der Waals surface area (Å²) in [6.45, 7) is 2.02. The third-order valence-electron chi connectivity index (χ3n) is 0.858. The van der Waals surface area contributed by atoms with Crippen molar-refractivity contribution in [2.45, 2.75) is 6.92 Å². The SMILES string of the molecule is Cc1csc(Cl)c1Br. The van der Waals surface area contributed by atoms with Gasteiger partial charge in [0.1, 0.15) is 4.34 Å². The van der Waals surface area contributed by atoms with E-state index in [0.29, 0.717) is 0 Å². The van der Waals surface area contributed by atoms with Crippen LogP contribution < -0.4 is 0 Å². The molecule has 0 N–H and O–H groups in total. The molecule has 1 aromatic heterocycles. The first-order chi connectivity index (χ1) is 3.72. The maximum absolute atomic E-state index is 5.70. The molecule has 0 unspecified atom stereocenters. The van der Waals surface area contributed by atoms with Gasteiger partial charge in [0.15, 0.2) is 0 Å². The fraction of sp³-hybridized carbons (Fsp3) is 0.200. The molecule has 0 nitrogen and oxygen atoms in total. The first-order valence-electron chi connectivity index (χ1n) is 2.11. The second-order valence-electron chi connectivity index (χ2n) is 1.51. The quantitative estimate of drug-likeness (QED) is 0.616. The number of halogens is 2. The van der Waals surface area contributed by atoms with Crippen molar-refractivity contribution in [1.29, 1.82) is 0 Å². The Morgan fingerprint density at radius 3 is 2.50 bits per heavy atom. The van der Waals surface area contributed by atoms with E-state index in [-0.39, 0.29) is 0 Å². The molecule has 0 spiro atoms. The fourth-order valence-electron chi connectivity index (χ4n) is 0.399. The van der Waals surface area contributed by atoms with Crippen LogP contribution in [0.15, 0.2) is 9.85 Å². The largest absolute Gasteiger partial charge is 0.131 e. The molecule has 0 saturated carbocycles. The Hall–Kier alpha value is 0.470. The minimum Gasteiger partial charge on any atom is -0.131 e. The highest BCUT2D eigenvalue weighted by Gasteiger charge is 1.99. The van der Waals surface area contributed by atoms with Gasteiger partial charge in [0.25, 0.3) is 0 Å². The molecular formula is C5H4BrClS. The Labute approximate surface area is 65.6 Å². The minimum atomic E-state index is 0.836. The topological polar surface area (TPSA) is 0 Å². The second kappa shape index (κ2) is 2.38. The molecule has 0 fully saturated rings. The molecule has 44 valence electrons. The van der Waals surface area contributed by atoms with Gasteiger partial charge in [0.05, 0.1) is 0 Å². The van der Waals surface area contributed by atoms with E-state index in [0.717, 1.165) is 8.81 Å². The van der Waals surface area contributed by atoms with Gasteiger partial charge in [-0.25, -0.2) is 0 Å². The van der Waals surface area contributed by atoms with Gasteiger partial charge < -0.3 is 0 Å². The number of aryl methyl sites for hydroxylation is 1. The summed E-state index contributed by atoms with van der Waals surface area (Å²) in [5, 5.41) is 2.02. The lowest BCUT2D eigenvalue weighted by molar-refractivity contribution is 1.52. The zero-order valence-corrected chi connectivity index (χ0v) is 7.40. The van der Waals surface area contributed by atoms with Crippen LogP contribution in [0.2, 0.25) is 4.34 Å². The minimum absolute atomic E-state index is 0.836. The van der Waals surface area contributed by atoms with Gasteiger partial charge in [-0.05, 0) is 33.8 Å². The maximum atomic E-state index is 5.70. The van der Waals surface area contributed by atoms with E-state index < -0.39 is 0 Å².